The summed E-state index contributed by atoms with van der Waals surface area (Å²) in [5.74, 6) is 0. The molecule has 1 saturated heterocycles. The predicted octanol–water partition coefficient (Wildman–Crippen LogP) is 0.929. The number of nitrogens with zero attached hydrogens (tertiary/aromatic N) is 1. The highest BCUT2D eigenvalue weighted by Crippen LogP contribution is 2.38. The number of cyclic esters (lactones) is 1. The standard InChI is InChI=1S/C11H11NO3/c13-6-10-9-5-7-3-1-2-4-8(7)12(9)11(14)15-10/h1-4,9-10,13H,5-6H2/t9-,10-/m0/s1. The lowest BCUT2D eigenvalue weighted by Gasteiger charge is -2.14. The van der Waals surface area contributed by atoms with Crippen LogP contribution in [-0.4, -0.2) is 30.0 Å². The molecule has 78 valence electrons. The maximum atomic E-state index is 11.6. The van der Waals surface area contributed by atoms with Crippen molar-refractivity contribution >= 4 is 11.8 Å². The van der Waals surface area contributed by atoms with Gasteiger partial charge in [-0.05, 0) is 18.1 Å². The SMILES string of the molecule is O=C1O[C@@H](CO)[C@@H]2Cc3ccccc3N12. The molecule has 15 heavy (non-hydrogen) atoms. The van der Waals surface area contributed by atoms with E-state index < -0.39 is 0 Å². The highest BCUT2D eigenvalue weighted by atomic mass is 16.6. The Hall–Kier alpha value is -1.55. The molecule has 1 amide bonds. The number of aliphatic hydroxyl groups excluding tert-OH is 1. The molecule has 0 unspecified atom stereocenters. The predicted molar refractivity (Wildman–Crippen MR) is 53.8 cm³/mol. The van der Waals surface area contributed by atoms with Gasteiger partial charge in [-0.15, -0.1) is 0 Å². The first kappa shape index (κ1) is 8.73. The van der Waals surface area contributed by atoms with Crippen molar-refractivity contribution < 1.29 is 14.6 Å². The summed E-state index contributed by atoms with van der Waals surface area (Å²) in [5.41, 5.74) is 2.07. The van der Waals surface area contributed by atoms with Gasteiger partial charge >= 0.3 is 6.09 Å². The number of hydrogen-bond acceptors (Lipinski definition) is 3. The zero-order valence-corrected chi connectivity index (χ0v) is 8.09. The number of carbonyl (C=O) groups excluding carboxylic acids is 1. The Morgan fingerprint density at radius 1 is 1.47 bits per heavy atom. The second-order valence-electron chi connectivity index (χ2n) is 3.87. The molecule has 3 rings (SSSR count). The molecule has 0 aliphatic carbocycles. The molecular weight excluding hydrogens is 194 g/mol. The number of amides is 1. The fourth-order valence-corrected chi connectivity index (χ4v) is 2.37. The van der Waals surface area contributed by atoms with Gasteiger partial charge < -0.3 is 9.84 Å². The summed E-state index contributed by atoms with van der Waals surface area (Å²) in [6.07, 6.45) is 0.0431. The lowest BCUT2D eigenvalue weighted by atomic mass is 10.1. The quantitative estimate of drug-likeness (QED) is 0.742. The van der Waals surface area contributed by atoms with E-state index in [0.717, 1.165) is 17.7 Å². The van der Waals surface area contributed by atoms with Gasteiger partial charge in [0, 0.05) is 0 Å². The highest BCUT2D eigenvalue weighted by Gasteiger charge is 2.46. The van der Waals surface area contributed by atoms with Crippen LogP contribution in [0.25, 0.3) is 0 Å². The van der Waals surface area contributed by atoms with E-state index in [-0.39, 0.29) is 24.8 Å². The molecule has 2 aliphatic rings. The second-order valence-corrected chi connectivity index (χ2v) is 3.87. The fraction of sp³-hybridized carbons (Fsp3) is 0.364. The molecule has 1 N–H and O–H groups in total. The monoisotopic (exact) mass is 205 g/mol. The lowest BCUT2D eigenvalue weighted by molar-refractivity contribution is 0.0830. The van der Waals surface area contributed by atoms with Gasteiger partial charge in [-0.1, -0.05) is 18.2 Å². The van der Waals surface area contributed by atoms with E-state index in [1.807, 2.05) is 24.3 Å². The number of carbonyl (C=O) groups is 1. The van der Waals surface area contributed by atoms with Crippen LogP contribution in [0.3, 0.4) is 0 Å². The third kappa shape index (κ3) is 1.08. The normalized spacial score (nSPS) is 27.5. The molecular formula is C11H11NO3. The van der Waals surface area contributed by atoms with E-state index in [1.165, 1.54) is 0 Å². The lowest BCUT2D eigenvalue weighted by Crippen LogP contribution is -2.34. The number of hydrogen-bond donors (Lipinski definition) is 1. The third-order valence-corrected chi connectivity index (χ3v) is 3.07. The van der Waals surface area contributed by atoms with Crippen LogP contribution in [0.2, 0.25) is 0 Å². The molecule has 0 saturated carbocycles. The third-order valence-electron chi connectivity index (χ3n) is 3.07. The van der Waals surface area contributed by atoms with Crippen molar-refractivity contribution in [3.8, 4) is 0 Å². The molecule has 0 spiro atoms. The van der Waals surface area contributed by atoms with Crippen molar-refractivity contribution in [2.45, 2.75) is 18.6 Å². The zero-order valence-electron chi connectivity index (χ0n) is 8.09. The topological polar surface area (TPSA) is 49.8 Å². The smallest absolute Gasteiger partial charge is 0.415 e. The Morgan fingerprint density at radius 3 is 3.07 bits per heavy atom. The van der Waals surface area contributed by atoms with Crippen LogP contribution in [0.1, 0.15) is 5.56 Å². The van der Waals surface area contributed by atoms with Gasteiger partial charge in [0.1, 0.15) is 6.10 Å². The van der Waals surface area contributed by atoms with Crippen molar-refractivity contribution in [1.29, 1.82) is 0 Å². The van der Waals surface area contributed by atoms with Crippen LogP contribution in [0.5, 0.6) is 0 Å². The van der Waals surface area contributed by atoms with E-state index in [4.69, 9.17) is 9.84 Å². The molecule has 2 aliphatic heterocycles. The Labute approximate surface area is 87.1 Å². The van der Waals surface area contributed by atoms with E-state index in [2.05, 4.69) is 0 Å². The number of benzene rings is 1. The Kier molecular flexibility index (Phi) is 1.73. The molecule has 4 heteroatoms. The largest absolute Gasteiger partial charge is 0.441 e. The molecule has 0 radical (unpaired) electrons. The Morgan fingerprint density at radius 2 is 2.27 bits per heavy atom. The van der Waals surface area contributed by atoms with Gasteiger partial charge in [0.15, 0.2) is 0 Å². The number of aliphatic hydroxyl groups is 1. The summed E-state index contributed by atoms with van der Waals surface area (Å²) in [6, 6.07) is 7.76. The van der Waals surface area contributed by atoms with Crippen molar-refractivity contribution in [3.63, 3.8) is 0 Å². The first-order valence-electron chi connectivity index (χ1n) is 5.00. The fourth-order valence-electron chi connectivity index (χ4n) is 2.37. The molecule has 0 aromatic heterocycles. The summed E-state index contributed by atoms with van der Waals surface area (Å²) >= 11 is 0. The molecule has 2 atom stereocenters. The van der Waals surface area contributed by atoms with Gasteiger partial charge in [0.2, 0.25) is 0 Å². The van der Waals surface area contributed by atoms with Crippen LogP contribution >= 0.6 is 0 Å². The minimum absolute atomic E-state index is 0.0279. The molecule has 4 nitrogen and oxygen atoms in total. The van der Waals surface area contributed by atoms with E-state index in [9.17, 15) is 4.79 Å². The maximum Gasteiger partial charge on any atom is 0.415 e. The minimum atomic E-state index is -0.384. The van der Waals surface area contributed by atoms with Crippen LogP contribution in [0, 0.1) is 0 Å². The average Bonchev–Trinajstić information content (AvgIpc) is 2.76. The van der Waals surface area contributed by atoms with Crippen molar-refractivity contribution in [2.24, 2.45) is 0 Å². The van der Waals surface area contributed by atoms with Crippen LogP contribution in [0.4, 0.5) is 10.5 Å². The van der Waals surface area contributed by atoms with Gasteiger partial charge in [0.05, 0.1) is 18.3 Å². The second kappa shape index (κ2) is 2.97. The molecule has 2 heterocycles. The van der Waals surface area contributed by atoms with Crippen LogP contribution in [-0.2, 0) is 11.2 Å². The average molecular weight is 205 g/mol. The Balaban J connectivity index is 2.04. The summed E-state index contributed by atoms with van der Waals surface area (Å²) in [6.45, 7) is -0.110. The first-order chi connectivity index (χ1) is 7.31. The van der Waals surface area contributed by atoms with Gasteiger partial charge in [-0.3, -0.25) is 4.90 Å². The number of fused-ring (bicyclic) bond motifs is 3. The zero-order chi connectivity index (χ0) is 10.4. The van der Waals surface area contributed by atoms with E-state index in [1.54, 1.807) is 4.90 Å². The van der Waals surface area contributed by atoms with Crippen molar-refractivity contribution in [1.82, 2.24) is 0 Å². The molecule has 1 aromatic carbocycles. The molecule has 1 aromatic rings. The summed E-state index contributed by atoms with van der Waals surface area (Å²) in [7, 11) is 0. The number of anilines is 1. The van der Waals surface area contributed by atoms with E-state index in [0.29, 0.717) is 0 Å². The van der Waals surface area contributed by atoms with Gasteiger partial charge in [-0.2, -0.15) is 0 Å². The van der Waals surface area contributed by atoms with Gasteiger partial charge in [-0.25, -0.2) is 4.79 Å². The minimum Gasteiger partial charge on any atom is -0.441 e. The maximum absolute atomic E-state index is 11.6. The molecule has 0 bridgehead atoms. The summed E-state index contributed by atoms with van der Waals surface area (Å²) in [5, 5.41) is 9.11. The molecule has 1 fully saturated rings. The first-order valence-corrected chi connectivity index (χ1v) is 5.00. The number of ether oxygens (including phenoxy) is 1. The van der Waals surface area contributed by atoms with Crippen molar-refractivity contribution in [3.05, 3.63) is 29.8 Å². The van der Waals surface area contributed by atoms with Gasteiger partial charge in [0.25, 0.3) is 0 Å². The number of para-hydroxylation sites is 1. The Bertz CT molecular complexity index is 418. The van der Waals surface area contributed by atoms with Crippen LogP contribution in [0.15, 0.2) is 24.3 Å². The van der Waals surface area contributed by atoms with Crippen LogP contribution < -0.4 is 4.90 Å². The van der Waals surface area contributed by atoms with E-state index >= 15 is 0 Å². The highest BCUT2D eigenvalue weighted by molar-refractivity contribution is 5.93. The number of rotatable bonds is 1. The van der Waals surface area contributed by atoms with Crippen molar-refractivity contribution in [2.75, 3.05) is 11.5 Å². The summed E-state index contributed by atoms with van der Waals surface area (Å²) in [4.78, 5) is 13.2. The summed E-state index contributed by atoms with van der Waals surface area (Å²) < 4.78 is 5.07.